The highest BCUT2D eigenvalue weighted by molar-refractivity contribution is 5.83. The van der Waals surface area contributed by atoms with E-state index in [1.54, 1.807) is 0 Å². The van der Waals surface area contributed by atoms with E-state index in [0.717, 1.165) is 12.1 Å². The largest absolute Gasteiger partial charge is 0.480 e. The minimum atomic E-state index is -0.769. The van der Waals surface area contributed by atoms with E-state index in [9.17, 15) is 9.90 Å². The molecule has 3 heteroatoms. The molecule has 2 unspecified atom stereocenters. The van der Waals surface area contributed by atoms with E-state index in [1.807, 2.05) is 31.2 Å². The smallest absolute Gasteiger partial charge is 0.329 e. The van der Waals surface area contributed by atoms with Crippen molar-refractivity contribution in [2.45, 2.75) is 38.6 Å². The molecule has 2 N–H and O–H groups in total. The molecule has 1 aromatic carbocycles. The first-order chi connectivity index (χ1) is 8.02. The average molecular weight is 233 g/mol. The first-order valence-electron chi connectivity index (χ1n) is 6.10. The lowest BCUT2D eigenvalue weighted by Crippen LogP contribution is -2.44. The Labute approximate surface area is 102 Å². The molecule has 0 spiro atoms. The highest BCUT2D eigenvalue weighted by Crippen LogP contribution is 2.37. The lowest BCUT2D eigenvalue weighted by Gasteiger charge is -2.27. The maximum absolute atomic E-state index is 11.5. The molecule has 0 amide bonds. The number of carboxylic acid groups (broad SMARTS) is 1. The number of nitrogens with one attached hydrogen (secondary N) is 1. The second-order valence-electron chi connectivity index (χ2n) is 5.23. The van der Waals surface area contributed by atoms with E-state index < -0.39 is 11.5 Å². The fourth-order valence-corrected chi connectivity index (χ4v) is 2.57. The van der Waals surface area contributed by atoms with Crippen molar-refractivity contribution in [2.75, 3.05) is 5.32 Å². The number of hydrogen-bond donors (Lipinski definition) is 2. The second kappa shape index (κ2) is 4.40. The third-order valence-corrected chi connectivity index (χ3v) is 3.61. The summed E-state index contributed by atoms with van der Waals surface area (Å²) in [6.07, 6.45) is 2.39. The lowest BCUT2D eigenvalue weighted by atomic mass is 9.95. The molecule has 1 aliphatic carbocycles. The highest BCUT2D eigenvalue weighted by Gasteiger charge is 2.44. The summed E-state index contributed by atoms with van der Waals surface area (Å²) in [6, 6.07) is 7.89. The van der Waals surface area contributed by atoms with Crippen LogP contribution >= 0.6 is 0 Å². The van der Waals surface area contributed by atoms with Gasteiger partial charge in [-0.05, 0) is 44.2 Å². The average Bonchev–Trinajstić information content (AvgIpc) is 2.65. The van der Waals surface area contributed by atoms with Crippen molar-refractivity contribution in [3.63, 3.8) is 0 Å². The van der Waals surface area contributed by atoms with Gasteiger partial charge in [0, 0.05) is 5.69 Å². The molecule has 92 valence electrons. The third-order valence-electron chi connectivity index (χ3n) is 3.61. The van der Waals surface area contributed by atoms with Crippen molar-refractivity contribution < 1.29 is 9.90 Å². The molecule has 17 heavy (non-hydrogen) atoms. The summed E-state index contributed by atoms with van der Waals surface area (Å²) in [5.41, 5.74) is 1.31. The van der Waals surface area contributed by atoms with Crippen LogP contribution < -0.4 is 5.32 Å². The van der Waals surface area contributed by atoms with Gasteiger partial charge in [-0.1, -0.05) is 24.6 Å². The van der Waals surface area contributed by atoms with Gasteiger partial charge in [-0.3, -0.25) is 0 Å². The molecule has 2 rings (SSSR count). The van der Waals surface area contributed by atoms with Crippen molar-refractivity contribution in [1.82, 2.24) is 0 Å². The van der Waals surface area contributed by atoms with Gasteiger partial charge in [0.15, 0.2) is 0 Å². The maximum Gasteiger partial charge on any atom is 0.329 e. The predicted octanol–water partition coefficient (Wildman–Crippen LogP) is 3.05. The van der Waals surface area contributed by atoms with Crippen LogP contribution in [0, 0.1) is 12.8 Å². The van der Waals surface area contributed by atoms with E-state index in [-0.39, 0.29) is 0 Å². The topological polar surface area (TPSA) is 49.3 Å². The zero-order valence-electron chi connectivity index (χ0n) is 10.4. The van der Waals surface area contributed by atoms with Gasteiger partial charge in [-0.2, -0.15) is 0 Å². The van der Waals surface area contributed by atoms with Gasteiger partial charge in [0.25, 0.3) is 0 Å². The van der Waals surface area contributed by atoms with Crippen molar-refractivity contribution in [3.05, 3.63) is 29.8 Å². The number of aliphatic carboxylic acids is 1. The predicted molar refractivity (Wildman–Crippen MR) is 68.2 cm³/mol. The molecular weight excluding hydrogens is 214 g/mol. The Bertz CT molecular complexity index is 413. The number of hydrogen-bond acceptors (Lipinski definition) is 2. The van der Waals surface area contributed by atoms with Crippen LogP contribution in [0.15, 0.2) is 24.3 Å². The molecule has 2 atom stereocenters. The summed E-state index contributed by atoms with van der Waals surface area (Å²) >= 11 is 0. The summed E-state index contributed by atoms with van der Waals surface area (Å²) in [5.74, 6) is -0.258. The van der Waals surface area contributed by atoms with Crippen molar-refractivity contribution in [2.24, 2.45) is 5.92 Å². The Hall–Kier alpha value is -1.51. The van der Waals surface area contributed by atoms with Gasteiger partial charge in [0.1, 0.15) is 5.54 Å². The molecule has 1 aliphatic rings. The Morgan fingerprint density at radius 2 is 2.06 bits per heavy atom. The van der Waals surface area contributed by atoms with E-state index in [1.165, 1.54) is 5.56 Å². The summed E-state index contributed by atoms with van der Waals surface area (Å²) in [4.78, 5) is 11.5. The van der Waals surface area contributed by atoms with E-state index in [4.69, 9.17) is 0 Å². The van der Waals surface area contributed by atoms with Crippen LogP contribution in [0.4, 0.5) is 5.69 Å². The fourth-order valence-electron chi connectivity index (χ4n) is 2.57. The number of carbonyl (C=O) groups is 1. The Balaban J connectivity index is 2.19. The molecule has 1 aromatic rings. The van der Waals surface area contributed by atoms with Crippen LogP contribution in [0.5, 0.6) is 0 Å². The quantitative estimate of drug-likeness (QED) is 0.843. The minimum absolute atomic E-state index is 0.476. The first kappa shape index (κ1) is 12.0. The van der Waals surface area contributed by atoms with Gasteiger partial charge in [-0.15, -0.1) is 0 Å². The number of aryl methyl sites for hydroxylation is 1. The number of rotatable bonds is 3. The summed E-state index contributed by atoms with van der Waals surface area (Å²) in [5, 5.41) is 12.6. The zero-order valence-corrected chi connectivity index (χ0v) is 10.4. The van der Waals surface area contributed by atoms with Gasteiger partial charge in [0.2, 0.25) is 0 Å². The second-order valence-corrected chi connectivity index (χ2v) is 5.23. The van der Waals surface area contributed by atoms with Crippen LogP contribution in [-0.2, 0) is 4.79 Å². The Morgan fingerprint density at radius 1 is 1.41 bits per heavy atom. The van der Waals surface area contributed by atoms with Gasteiger partial charge >= 0.3 is 5.97 Å². The molecule has 0 radical (unpaired) electrons. The molecule has 1 fully saturated rings. The van der Waals surface area contributed by atoms with Crippen LogP contribution in [0.2, 0.25) is 0 Å². The molecule has 1 saturated carbocycles. The molecule has 0 saturated heterocycles. The highest BCUT2D eigenvalue weighted by atomic mass is 16.4. The molecule has 0 bridgehead atoms. The lowest BCUT2D eigenvalue weighted by molar-refractivity contribution is -0.142. The normalized spacial score (nSPS) is 28.0. The molecular formula is C14H19NO2. The number of anilines is 1. The maximum atomic E-state index is 11.5. The molecule has 0 aromatic heterocycles. The van der Waals surface area contributed by atoms with Crippen LogP contribution in [0.25, 0.3) is 0 Å². The minimum Gasteiger partial charge on any atom is -0.480 e. The van der Waals surface area contributed by atoms with Crippen molar-refractivity contribution in [3.8, 4) is 0 Å². The van der Waals surface area contributed by atoms with Gasteiger partial charge in [0.05, 0.1) is 0 Å². The van der Waals surface area contributed by atoms with E-state index >= 15 is 0 Å². The number of benzene rings is 1. The number of carboxylic acids is 1. The van der Waals surface area contributed by atoms with Gasteiger partial charge < -0.3 is 10.4 Å². The Morgan fingerprint density at radius 3 is 2.53 bits per heavy atom. The summed E-state index contributed by atoms with van der Waals surface area (Å²) < 4.78 is 0. The fraction of sp³-hybridized carbons (Fsp3) is 0.500. The van der Waals surface area contributed by atoms with Crippen LogP contribution in [-0.4, -0.2) is 16.6 Å². The molecule has 0 aliphatic heterocycles. The van der Waals surface area contributed by atoms with Crippen molar-refractivity contribution in [1.29, 1.82) is 0 Å². The third kappa shape index (κ3) is 2.43. The zero-order chi connectivity index (χ0) is 12.5. The molecule has 3 nitrogen and oxygen atoms in total. The summed E-state index contributed by atoms with van der Waals surface area (Å²) in [6.45, 7) is 4.13. The SMILES string of the molecule is Cc1ccc(NC2(C(=O)O)CCC(C)C2)cc1. The molecule has 0 heterocycles. The van der Waals surface area contributed by atoms with Gasteiger partial charge in [-0.25, -0.2) is 4.79 Å². The summed E-state index contributed by atoms with van der Waals surface area (Å²) in [7, 11) is 0. The Kier molecular flexibility index (Phi) is 3.09. The van der Waals surface area contributed by atoms with Crippen LogP contribution in [0.1, 0.15) is 31.7 Å². The standard InChI is InChI=1S/C14H19NO2/c1-10-3-5-12(6-4-10)15-14(13(16)17)8-7-11(2)9-14/h3-6,11,15H,7-9H2,1-2H3,(H,16,17). The van der Waals surface area contributed by atoms with Crippen molar-refractivity contribution >= 4 is 11.7 Å². The monoisotopic (exact) mass is 233 g/mol. The van der Waals surface area contributed by atoms with E-state index in [0.29, 0.717) is 18.8 Å². The first-order valence-corrected chi connectivity index (χ1v) is 6.10. The van der Waals surface area contributed by atoms with Crippen LogP contribution in [0.3, 0.4) is 0 Å². The van der Waals surface area contributed by atoms with E-state index in [2.05, 4.69) is 12.2 Å².